The van der Waals surface area contributed by atoms with E-state index in [4.69, 9.17) is 21.1 Å². The zero-order chi connectivity index (χ0) is 29.0. The number of H-pyrrole nitrogens is 1. The predicted molar refractivity (Wildman–Crippen MR) is 155 cm³/mol. The van der Waals surface area contributed by atoms with Gasteiger partial charge in [0.1, 0.15) is 17.1 Å². The van der Waals surface area contributed by atoms with Crippen LogP contribution >= 0.6 is 11.6 Å². The molecule has 2 heterocycles. The molecule has 210 valence electrons. The lowest BCUT2D eigenvalue weighted by Gasteiger charge is -2.16. The number of sulfonamides is 1. The van der Waals surface area contributed by atoms with Crippen molar-refractivity contribution in [3.63, 3.8) is 0 Å². The Bertz CT molecular complexity index is 1730. The van der Waals surface area contributed by atoms with Crippen molar-refractivity contribution >= 4 is 27.5 Å². The zero-order valence-electron chi connectivity index (χ0n) is 22.4. The number of halogens is 1. The second kappa shape index (κ2) is 11.9. The van der Waals surface area contributed by atoms with E-state index in [1.807, 2.05) is 44.5 Å². The summed E-state index contributed by atoms with van der Waals surface area (Å²) < 4.78 is 39.6. The summed E-state index contributed by atoms with van der Waals surface area (Å²) in [5.74, 6) is -0.165. The minimum absolute atomic E-state index is 0. The minimum Gasteiger partial charge on any atom is -0.492 e. The van der Waals surface area contributed by atoms with Crippen molar-refractivity contribution in [3.05, 3.63) is 98.4 Å². The third-order valence-corrected chi connectivity index (χ3v) is 7.56. The number of nitrogens with one attached hydrogen (secondary N) is 2. The van der Waals surface area contributed by atoms with E-state index in [9.17, 15) is 18.0 Å². The number of aromatic nitrogens is 2. The molecule has 11 heteroatoms. The predicted octanol–water partition coefficient (Wildman–Crippen LogP) is 5.96. The van der Waals surface area contributed by atoms with Gasteiger partial charge in [0.05, 0.1) is 17.3 Å². The molecular formula is C29H30ClN3O6S. The molecule has 40 heavy (non-hydrogen) atoms. The van der Waals surface area contributed by atoms with E-state index in [0.717, 1.165) is 29.2 Å². The maximum Gasteiger partial charge on any atom is 0.270 e. The van der Waals surface area contributed by atoms with E-state index in [1.54, 1.807) is 24.3 Å². The summed E-state index contributed by atoms with van der Waals surface area (Å²) in [6.45, 7) is 8.14. The molecule has 0 spiro atoms. The van der Waals surface area contributed by atoms with E-state index in [-0.39, 0.29) is 12.9 Å². The van der Waals surface area contributed by atoms with Gasteiger partial charge in [0.25, 0.3) is 21.5 Å². The highest BCUT2D eigenvalue weighted by Crippen LogP contribution is 2.34. The molecule has 0 aliphatic carbocycles. The lowest BCUT2D eigenvalue weighted by Crippen LogP contribution is -2.34. The minimum atomic E-state index is -4.49. The SMILES string of the molecule is CCCOc1cc(-c2ccc(C(=O)NS(=O)(=O)c3ccc[nH]c3=O)c(Oc3c(C)cc(C)cc3C)n2)ccc1Cl.[HH]. The number of amides is 1. The number of benzene rings is 2. The third-order valence-electron chi connectivity index (χ3n) is 5.90. The molecule has 2 aromatic carbocycles. The van der Waals surface area contributed by atoms with Crippen molar-refractivity contribution in [1.82, 2.24) is 14.7 Å². The molecular weight excluding hydrogens is 554 g/mol. The number of aryl methyl sites for hydroxylation is 3. The van der Waals surface area contributed by atoms with Crippen molar-refractivity contribution in [3.8, 4) is 28.6 Å². The smallest absolute Gasteiger partial charge is 0.270 e. The van der Waals surface area contributed by atoms with Gasteiger partial charge in [-0.05, 0) is 74.7 Å². The van der Waals surface area contributed by atoms with Gasteiger partial charge in [-0.2, -0.15) is 0 Å². The molecule has 1 amide bonds. The fourth-order valence-electron chi connectivity index (χ4n) is 4.11. The maximum absolute atomic E-state index is 13.3. The van der Waals surface area contributed by atoms with Gasteiger partial charge in [0.15, 0.2) is 4.90 Å². The van der Waals surface area contributed by atoms with Crippen molar-refractivity contribution in [1.29, 1.82) is 0 Å². The number of hydrogen-bond acceptors (Lipinski definition) is 7. The molecule has 4 aromatic rings. The van der Waals surface area contributed by atoms with Gasteiger partial charge in [-0.25, -0.2) is 18.1 Å². The highest BCUT2D eigenvalue weighted by molar-refractivity contribution is 7.90. The van der Waals surface area contributed by atoms with Crippen LogP contribution < -0.4 is 19.8 Å². The molecule has 0 saturated carbocycles. The molecule has 4 rings (SSSR count). The van der Waals surface area contributed by atoms with Crippen LogP contribution in [0.1, 0.15) is 41.8 Å². The van der Waals surface area contributed by atoms with Crippen molar-refractivity contribution in [2.24, 2.45) is 0 Å². The molecule has 0 fully saturated rings. The standard InChI is InChI=1S/C29H28ClN3O6S.H2/c1-5-13-38-24-16-20(8-10-22(24)30)23-11-9-21(27(34)33-40(36,37)25-7-6-12-31-28(25)35)29(32-23)39-26-18(3)14-17(2)15-19(26)4;/h6-12,14-16H,5,13H2,1-4H3,(H,31,35)(H,33,34);1H. The van der Waals surface area contributed by atoms with Crippen LogP contribution in [0.4, 0.5) is 0 Å². The van der Waals surface area contributed by atoms with Crippen LogP contribution in [-0.4, -0.2) is 30.9 Å². The van der Waals surface area contributed by atoms with Crippen LogP contribution in [0.3, 0.4) is 0 Å². The van der Waals surface area contributed by atoms with Crippen LogP contribution in [0.5, 0.6) is 17.4 Å². The average Bonchev–Trinajstić information content (AvgIpc) is 2.90. The number of aromatic amines is 1. The maximum atomic E-state index is 13.3. The van der Waals surface area contributed by atoms with Gasteiger partial charge >= 0.3 is 0 Å². The van der Waals surface area contributed by atoms with E-state index in [2.05, 4.69) is 9.97 Å². The molecule has 9 nitrogen and oxygen atoms in total. The summed E-state index contributed by atoms with van der Waals surface area (Å²) in [6.07, 6.45) is 2.09. The number of carbonyl (C=O) groups excluding carboxylic acids is 1. The summed E-state index contributed by atoms with van der Waals surface area (Å²) >= 11 is 6.29. The van der Waals surface area contributed by atoms with Crippen molar-refractivity contribution in [2.45, 2.75) is 39.0 Å². The van der Waals surface area contributed by atoms with E-state index < -0.39 is 26.4 Å². The Morgan fingerprint density at radius 3 is 2.48 bits per heavy atom. The Morgan fingerprint density at radius 2 is 1.80 bits per heavy atom. The molecule has 0 bridgehead atoms. The second-order valence-electron chi connectivity index (χ2n) is 9.17. The van der Waals surface area contributed by atoms with Gasteiger partial charge in [0, 0.05) is 13.2 Å². The first kappa shape index (κ1) is 28.8. The molecule has 0 aliphatic rings. The first-order chi connectivity index (χ1) is 19.0. The summed E-state index contributed by atoms with van der Waals surface area (Å²) in [6, 6.07) is 14.4. The number of nitrogens with zero attached hydrogens (tertiary/aromatic N) is 1. The second-order valence-corrected chi connectivity index (χ2v) is 11.2. The number of ether oxygens (including phenoxy) is 2. The van der Waals surface area contributed by atoms with E-state index in [1.165, 1.54) is 18.3 Å². The summed E-state index contributed by atoms with van der Waals surface area (Å²) in [4.78, 5) is 31.6. The lowest BCUT2D eigenvalue weighted by atomic mass is 10.1. The average molecular weight is 584 g/mol. The van der Waals surface area contributed by atoms with Crippen LogP contribution in [0, 0.1) is 20.8 Å². The van der Waals surface area contributed by atoms with Gasteiger partial charge in [-0.1, -0.05) is 42.3 Å². The quantitative estimate of drug-likeness (QED) is 0.249. The Balaban J connectivity index is 0.00000462. The van der Waals surface area contributed by atoms with E-state index in [0.29, 0.717) is 34.4 Å². The lowest BCUT2D eigenvalue weighted by molar-refractivity contribution is 0.0978. The molecule has 0 saturated heterocycles. The number of hydrogen-bond donors (Lipinski definition) is 2. The number of carbonyl (C=O) groups is 1. The molecule has 0 radical (unpaired) electrons. The van der Waals surface area contributed by atoms with Crippen LogP contribution in [0.25, 0.3) is 11.3 Å². The fraction of sp³-hybridized carbons (Fsp3) is 0.207. The fourth-order valence-corrected chi connectivity index (χ4v) is 5.31. The van der Waals surface area contributed by atoms with Crippen LogP contribution in [0.15, 0.2) is 70.5 Å². The normalized spacial score (nSPS) is 11.2. The van der Waals surface area contributed by atoms with E-state index >= 15 is 0 Å². The molecule has 0 unspecified atom stereocenters. The first-order valence-electron chi connectivity index (χ1n) is 12.4. The molecule has 2 aromatic heterocycles. The van der Waals surface area contributed by atoms with Gasteiger partial charge < -0.3 is 14.5 Å². The van der Waals surface area contributed by atoms with Crippen molar-refractivity contribution in [2.75, 3.05) is 6.61 Å². The van der Waals surface area contributed by atoms with Crippen LogP contribution in [-0.2, 0) is 10.0 Å². The topological polar surface area (TPSA) is 127 Å². The molecule has 2 N–H and O–H groups in total. The Labute approximate surface area is 238 Å². The van der Waals surface area contributed by atoms with Gasteiger partial charge in [0.2, 0.25) is 5.88 Å². The summed E-state index contributed by atoms with van der Waals surface area (Å²) in [5, 5.41) is 0.441. The number of pyridine rings is 2. The number of rotatable bonds is 9. The van der Waals surface area contributed by atoms with Gasteiger partial charge in [-0.3, -0.25) is 9.59 Å². The summed E-state index contributed by atoms with van der Waals surface area (Å²) in [7, 11) is -4.49. The third kappa shape index (κ3) is 6.35. The Hall–Kier alpha value is -4.15. The Morgan fingerprint density at radius 1 is 1.07 bits per heavy atom. The Kier molecular flexibility index (Phi) is 8.61. The molecule has 0 atom stereocenters. The largest absolute Gasteiger partial charge is 0.492 e. The highest BCUT2D eigenvalue weighted by Gasteiger charge is 2.25. The zero-order valence-corrected chi connectivity index (χ0v) is 23.9. The summed E-state index contributed by atoms with van der Waals surface area (Å²) in [5.41, 5.74) is 2.73. The monoisotopic (exact) mass is 583 g/mol. The highest BCUT2D eigenvalue weighted by atomic mass is 35.5. The van der Waals surface area contributed by atoms with Gasteiger partial charge in [-0.15, -0.1) is 0 Å². The van der Waals surface area contributed by atoms with Crippen molar-refractivity contribution < 1.29 is 24.1 Å². The first-order valence-corrected chi connectivity index (χ1v) is 14.3. The van der Waals surface area contributed by atoms with Crippen LogP contribution in [0.2, 0.25) is 5.02 Å². The molecule has 0 aliphatic heterocycles.